The minimum absolute atomic E-state index is 0.841. The van der Waals surface area contributed by atoms with Gasteiger partial charge in [0.2, 0.25) is 0 Å². The van der Waals surface area contributed by atoms with E-state index >= 15 is 0 Å². The molecule has 0 N–H and O–H groups in total. The number of nitrogens with zero attached hydrogens (tertiary/aromatic N) is 2. The molecular formula is C129H134N2. The van der Waals surface area contributed by atoms with Gasteiger partial charge in [0, 0.05) is 34.1 Å². The van der Waals surface area contributed by atoms with Crippen LogP contribution < -0.4 is 9.80 Å². The molecule has 2 heteroatoms. The van der Waals surface area contributed by atoms with Gasteiger partial charge in [-0.05, 0) is 400 Å². The van der Waals surface area contributed by atoms with E-state index in [1.807, 2.05) is 0 Å². The van der Waals surface area contributed by atoms with Crippen molar-refractivity contribution in [3.63, 3.8) is 0 Å². The quantitative estimate of drug-likeness (QED) is 0.0371. The molecule has 0 amide bonds. The maximum Gasteiger partial charge on any atom is 0.0701 e. The first-order valence-corrected chi connectivity index (χ1v) is 49.6. The van der Waals surface area contributed by atoms with E-state index in [0.717, 1.165) is 148 Å². The van der Waals surface area contributed by atoms with Crippen LogP contribution in [0.1, 0.15) is 222 Å². The first-order chi connectivity index (χ1) is 64.0. The molecule has 2 nitrogen and oxygen atoms in total. The van der Waals surface area contributed by atoms with Gasteiger partial charge in [0.25, 0.3) is 0 Å². The Morgan fingerprint density at radius 2 is 0.260 bits per heavy atom. The smallest absolute Gasteiger partial charge is 0.0701 e. The highest BCUT2D eigenvalue weighted by Gasteiger charge is 2.39. The van der Waals surface area contributed by atoms with Crippen LogP contribution in [0.4, 0.5) is 34.1 Å². The minimum Gasteiger partial charge on any atom is -0.310 e. The first-order valence-electron chi connectivity index (χ1n) is 49.6. The zero-order valence-corrected chi connectivity index (χ0v) is 80.9. The van der Waals surface area contributed by atoms with Crippen molar-refractivity contribution in [2.75, 3.05) is 9.80 Å². The average molecular weight is 1710 g/mol. The molecule has 0 saturated carbocycles. The van der Waals surface area contributed by atoms with Crippen molar-refractivity contribution in [3.8, 4) is 89.0 Å². The molecule has 0 spiro atoms. The third-order valence-corrected chi connectivity index (χ3v) is 27.9. The van der Waals surface area contributed by atoms with Crippen LogP contribution in [0.3, 0.4) is 0 Å². The van der Waals surface area contributed by atoms with Crippen LogP contribution in [0.15, 0.2) is 328 Å². The molecule has 0 atom stereocenters. The summed E-state index contributed by atoms with van der Waals surface area (Å²) in [6.45, 7) is 36.7. The minimum atomic E-state index is -0.841. The Bertz CT molecular complexity index is 5510. The number of hydrogen-bond donors (Lipinski definition) is 0. The molecule has 660 valence electrons. The highest BCUT2D eigenvalue weighted by Crippen LogP contribution is 2.52. The van der Waals surface area contributed by atoms with E-state index in [9.17, 15) is 0 Å². The lowest BCUT2D eigenvalue weighted by atomic mass is 9.65. The van der Waals surface area contributed by atoms with Crippen molar-refractivity contribution < 1.29 is 0 Å². The van der Waals surface area contributed by atoms with E-state index in [4.69, 9.17) is 0 Å². The number of benzene rings is 16. The van der Waals surface area contributed by atoms with Gasteiger partial charge < -0.3 is 9.80 Å². The molecule has 0 saturated heterocycles. The van der Waals surface area contributed by atoms with Gasteiger partial charge in [0.1, 0.15) is 0 Å². The zero-order valence-electron chi connectivity index (χ0n) is 80.9. The second-order valence-corrected chi connectivity index (χ2v) is 36.3. The highest BCUT2D eigenvalue weighted by molar-refractivity contribution is 5.93. The van der Waals surface area contributed by atoms with Gasteiger partial charge in [-0.15, -0.1) is 0 Å². The summed E-state index contributed by atoms with van der Waals surface area (Å²) >= 11 is 0. The molecule has 0 fully saturated rings. The first kappa shape index (κ1) is 91.4. The molecule has 0 aromatic heterocycles. The molecule has 16 aromatic carbocycles. The summed E-state index contributed by atoms with van der Waals surface area (Å²) in [7, 11) is 0. The van der Waals surface area contributed by atoms with Crippen molar-refractivity contribution >= 4 is 34.1 Å². The number of hydrogen-bond acceptors (Lipinski definition) is 2. The van der Waals surface area contributed by atoms with Crippen LogP contribution in [0.5, 0.6) is 0 Å². The Hall–Kier alpha value is -12.9. The molecule has 0 radical (unpaired) electrons. The highest BCUT2D eigenvalue weighted by atomic mass is 15.1. The van der Waals surface area contributed by atoms with Crippen molar-refractivity contribution in [1.82, 2.24) is 0 Å². The Kier molecular flexibility index (Phi) is 29.0. The molecule has 0 bridgehead atoms. The monoisotopic (exact) mass is 1710 g/mol. The molecule has 0 aliphatic rings. The van der Waals surface area contributed by atoms with Gasteiger partial charge in [0.05, 0.1) is 5.41 Å². The fourth-order valence-electron chi connectivity index (χ4n) is 20.0. The molecule has 0 heterocycles. The number of rotatable bonds is 34. The molecular weight excluding hydrogens is 1580 g/mol. The second-order valence-electron chi connectivity index (χ2n) is 36.3. The summed E-state index contributed by atoms with van der Waals surface area (Å²) in [5.74, 6) is 0. The second kappa shape index (κ2) is 41.5. The van der Waals surface area contributed by atoms with Crippen LogP contribution in [0, 0.1) is 0 Å². The number of aryl methyl sites for hydroxylation is 16. The SMILES string of the molecule is CCc1cc(CC)cc(-c2cc(-c3cc(CC)cc(CC)c3)cc(N(c3ccc(C(c4ccccc4)(c4ccccc4)c4ccc(N(c5cc(-c6cc(CC)cc(CC)c6)cc(-c6cc(CC)cc(CC)c6)c5)c5cc(-c6cc(CC)cc(CC)c6)cc(-c6cc(CC)cc(CC)c6)c5)cc4)cc3)c3cc(-c4cc(CC)cc(CC)c4)cc(-c4cc(CC)cc(CC)c4)c3)c2)c1. The molecule has 16 rings (SSSR count). The predicted octanol–water partition coefficient (Wildman–Crippen LogP) is 35.3. The molecule has 16 aromatic rings. The lowest BCUT2D eigenvalue weighted by Crippen LogP contribution is -2.31. The van der Waals surface area contributed by atoms with Crippen LogP contribution in [-0.2, 0) is 108 Å². The lowest BCUT2D eigenvalue weighted by molar-refractivity contribution is 0.745. The van der Waals surface area contributed by atoms with E-state index in [0.29, 0.717) is 0 Å². The summed E-state index contributed by atoms with van der Waals surface area (Å²) in [4.78, 5) is 5.20. The van der Waals surface area contributed by atoms with Crippen molar-refractivity contribution in [2.24, 2.45) is 0 Å². The predicted molar refractivity (Wildman–Crippen MR) is 568 cm³/mol. The fraction of sp³-hybridized carbons (Fsp3) is 0.256. The lowest BCUT2D eigenvalue weighted by Gasteiger charge is -2.38. The van der Waals surface area contributed by atoms with Crippen LogP contribution >= 0.6 is 0 Å². The van der Waals surface area contributed by atoms with Crippen molar-refractivity contribution in [2.45, 2.75) is 219 Å². The van der Waals surface area contributed by atoms with Crippen LogP contribution in [-0.4, -0.2) is 0 Å². The van der Waals surface area contributed by atoms with E-state index in [1.165, 1.54) is 189 Å². The van der Waals surface area contributed by atoms with Gasteiger partial charge in [-0.2, -0.15) is 0 Å². The Labute approximate surface area is 785 Å². The molecule has 0 aliphatic carbocycles. The van der Waals surface area contributed by atoms with E-state index in [1.54, 1.807) is 0 Å². The Balaban J connectivity index is 0.971. The molecule has 131 heavy (non-hydrogen) atoms. The number of anilines is 6. The third kappa shape index (κ3) is 19.9. The topological polar surface area (TPSA) is 6.48 Å². The third-order valence-electron chi connectivity index (χ3n) is 27.9. The summed E-state index contributed by atoms with van der Waals surface area (Å²) < 4.78 is 0. The summed E-state index contributed by atoms with van der Waals surface area (Å²) in [6.07, 6.45) is 15.2. The fourth-order valence-corrected chi connectivity index (χ4v) is 20.0. The average Bonchev–Trinajstić information content (AvgIpc) is 0.727. The van der Waals surface area contributed by atoms with Crippen molar-refractivity contribution in [1.29, 1.82) is 0 Å². The maximum atomic E-state index is 2.60. The normalized spacial score (nSPS) is 11.5. The summed E-state index contributed by atoms with van der Waals surface area (Å²) in [5, 5.41) is 0. The van der Waals surface area contributed by atoms with Crippen LogP contribution in [0.2, 0.25) is 0 Å². The van der Waals surface area contributed by atoms with Crippen LogP contribution in [0.25, 0.3) is 89.0 Å². The maximum absolute atomic E-state index is 2.60. The van der Waals surface area contributed by atoms with Crippen molar-refractivity contribution in [3.05, 3.63) is 439 Å². The summed E-state index contributed by atoms with van der Waals surface area (Å²) in [6, 6.07) is 131. The van der Waals surface area contributed by atoms with E-state index in [-0.39, 0.29) is 0 Å². The Morgan fingerprint density at radius 1 is 0.130 bits per heavy atom. The van der Waals surface area contributed by atoms with Gasteiger partial charge in [-0.3, -0.25) is 0 Å². The van der Waals surface area contributed by atoms with Gasteiger partial charge in [-0.25, -0.2) is 0 Å². The summed E-state index contributed by atoms with van der Waals surface area (Å²) in [5.41, 5.74) is 51.4. The standard InChI is InChI=1S/C129H134N2/c1-17-87-51-88(18-2)60-103(59-87)111-75-112(104-61-89(19-3)52-90(20-4)62-104)80-125(79-111)130(126-81-113(105-63-91(21-5)53-92(22-6)64-105)76-114(82-126)106-65-93(23-7)54-94(24-8)66-106)123-47-43-121(44-48-123)129(119-39-35-33-36-40-119,120-41-37-34-38-42-120)122-45-49-124(50-46-122)131(127-83-115(107-67-95(25-9)55-96(26-10)68-107)77-116(84-127)108-69-97(27-11)56-98(28-12)70-108)128-85-117(109-71-99(29-13)57-100(30-14)72-109)78-118(86-128)110-73-101(31-15)58-102(32-16)74-110/h33-86H,17-32H2,1-16H3. The molecule has 0 unspecified atom stereocenters. The largest absolute Gasteiger partial charge is 0.310 e. The van der Waals surface area contributed by atoms with Gasteiger partial charge in [-0.1, -0.05) is 341 Å². The Morgan fingerprint density at radius 3 is 0.397 bits per heavy atom. The van der Waals surface area contributed by atoms with Gasteiger partial charge >= 0.3 is 0 Å². The van der Waals surface area contributed by atoms with Gasteiger partial charge in [0.15, 0.2) is 0 Å². The van der Waals surface area contributed by atoms with E-state index < -0.39 is 5.41 Å². The molecule has 0 aliphatic heterocycles. The zero-order chi connectivity index (χ0) is 91.4. The van der Waals surface area contributed by atoms with E-state index in [2.05, 4.69) is 448 Å².